The van der Waals surface area contributed by atoms with Crippen molar-refractivity contribution in [1.29, 1.82) is 0 Å². The topological polar surface area (TPSA) is 55.6 Å². The third-order valence-corrected chi connectivity index (χ3v) is 4.61. The van der Waals surface area contributed by atoms with Gasteiger partial charge in [0.25, 0.3) is 0 Å². The number of carbonyl (C=O) groups is 1. The van der Waals surface area contributed by atoms with Crippen molar-refractivity contribution in [2.75, 3.05) is 19.7 Å². The molecule has 18 heavy (non-hydrogen) atoms. The van der Waals surface area contributed by atoms with Crippen molar-refractivity contribution >= 4 is 5.91 Å². The Balaban J connectivity index is 2.07. The fourth-order valence-electron chi connectivity index (χ4n) is 3.25. The van der Waals surface area contributed by atoms with Crippen LogP contribution >= 0.6 is 0 Å². The van der Waals surface area contributed by atoms with Crippen LogP contribution in [0.3, 0.4) is 0 Å². The second-order valence-electron chi connectivity index (χ2n) is 6.46. The Kier molecular flexibility index (Phi) is 3.97. The minimum Gasteiger partial charge on any atom is -0.373 e. The van der Waals surface area contributed by atoms with Crippen LogP contribution in [-0.4, -0.2) is 42.6 Å². The summed E-state index contributed by atoms with van der Waals surface area (Å²) in [5.41, 5.74) is 5.80. The van der Waals surface area contributed by atoms with Crippen LogP contribution in [-0.2, 0) is 9.53 Å². The zero-order chi connectivity index (χ0) is 13.3. The van der Waals surface area contributed by atoms with Crippen LogP contribution in [0.25, 0.3) is 0 Å². The third kappa shape index (κ3) is 2.54. The van der Waals surface area contributed by atoms with Gasteiger partial charge in [-0.3, -0.25) is 4.79 Å². The Hall–Kier alpha value is -0.610. The molecule has 1 amide bonds. The predicted octanol–water partition coefficient (Wildman–Crippen LogP) is 1.39. The third-order valence-electron chi connectivity index (χ3n) is 4.61. The van der Waals surface area contributed by atoms with Gasteiger partial charge in [0.1, 0.15) is 0 Å². The molecular formula is C14H26N2O2. The Morgan fingerprint density at radius 2 is 2.22 bits per heavy atom. The van der Waals surface area contributed by atoms with Gasteiger partial charge in [-0.05, 0) is 25.2 Å². The molecule has 0 aromatic heterocycles. The fraction of sp³-hybridized carbons (Fsp3) is 0.929. The molecule has 3 unspecified atom stereocenters. The summed E-state index contributed by atoms with van der Waals surface area (Å²) in [5.74, 6) is 0.489. The highest BCUT2D eigenvalue weighted by Crippen LogP contribution is 2.43. The quantitative estimate of drug-likeness (QED) is 0.810. The van der Waals surface area contributed by atoms with Crippen molar-refractivity contribution in [3.8, 4) is 0 Å². The summed E-state index contributed by atoms with van der Waals surface area (Å²) in [4.78, 5) is 14.7. The van der Waals surface area contributed by atoms with Crippen LogP contribution < -0.4 is 5.73 Å². The molecule has 2 fully saturated rings. The number of ether oxygens (including phenoxy) is 1. The van der Waals surface area contributed by atoms with Gasteiger partial charge in [0.05, 0.1) is 18.8 Å². The van der Waals surface area contributed by atoms with Gasteiger partial charge >= 0.3 is 0 Å². The molecule has 1 saturated carbocycles. The highest BCUT2D eigenvalue weighted by molar-refractivity contribution is 5.80. The molecular weight excluding hydrogens is 228 g/mol. The Labute approximate surface area is 110 Å². The van der Waals surface area contributed by atoms with Crippen LogP contribution in [0, 0.1) is 11.3 Å². The van der Waals surface area contributed by atoms with E-state index in [1.54, 1.807) is 0 Å². The highest BCUT2D eigenvalue weighted by Gasteiger charge is 2.43. The summed E-state index contributed by atoms with van der Waals surface area (Å²) in [6, 6.07) is 0.178. The summed E-state index contributed by atoms with van der Waals surface area (Å²) in [7, 11) is 0. The van der Waals surface area contributed by atoms with Crippen molar-refractivity contribution in [2.24, 2.45) is 17.1 Å². The van der Waals surface area contributed by atoms with Crippen LogP contribution in [0.4, 0.5) is 0 Å². The predicted molar refractivity (Wildman–Crippen MR) is 71.1 cm³/mol. The lowest BCUT2D eigenvalue weighted by Gasteiger charge is -2.41. The number of nitrogens with zero attached hydrogens (tertiary/aromatic N) is 1. The number of nitrogens with two attached hydrogens (primary N) is 1. The van der Waals surface area contributed by atoms with Crippen molar-refractivity contribution < 1.29 is 9.53 Å². The smallest absolute Gasteiger partial charge is 0.226 e. The van der Waals surface area contributed by atoms with Gasteiger partial charge in [-0.1, -0.05) is 20.3 Å². The monoisotopic (exact) mass is 254 g/mol. The number of rotatable bonds is 2. The van der Waals surface area contributed by atoms with E-state index >= 15 is 0 Å². The highest BCUT2D eigenvalue weighted by atomic mass is 16.5. The molecule has 0 aromatic carbocycles. The SMILES string of the molecule is CC1COC(CN)CN1C(=O)C1CCCC1(C)C. The standard InChI is InChI=1S/C14H26N2O2/c1-10-9-18-11(7-15)8-16(10)13(17)12-5-4-6-14(12,2)3/h10-12H,4-9,15H2,1-3H3. The van der Waals surface area contributed by atoms with Crippen molar-refractivity contribution in [1.82, 2.24) is 4.90 Å². The molecule has 1 aliphatic heterocycles. The second-order valence-corrected chi connectivity index (χ2v) is 6.46. The van der Waals surface area contributed by atoms with Crippen molar-refractivity contribution in [3.05, 3.63) is 0 Å². The van der Waals surface area contributed by atoms with E-state index < -0.39 is 0 Å². The van der Waals surface area contributed by atoms with Crippen LogP contribution in [0.5, 0.6) is 0 Å². The number of carbonyl (C=O) groups excluding carboxylic acids is 1. The molecule has 4 heteroatoms. The lowest BCUT2D eigenvalue weighted by atomic mass is 9.81. The number of amides is 1. The van der Waals surface area contributed by atoms with Crippen LogP contribution in [0.15, 0.2) is 0 Å². The maximum atomic E-state index is 12.7. The first-order chi connectivity index (χ1) is 8.45. The molecule has 1 saturated heterocycles. The first-order valence-electron chi connectivity index (χ1n) is 7.08. The number of hydrogen-bond acceptors (Lipinski definition) is 3. The van der Waals surface area contributed by atoms with E-state index in [0.29, 0.717) is 25.6 Å². The molecule has 1 heterocycles. The summed E-state index contributed by atoms with van der Waals surface area (Å²) >= 11 is 0. The Morgan fingerprint density at radius 1 is 1.50 bits per heavy atom. The average molecular weight is 254 g/mol. The molecule has 0 radical (unpaired) electrons. The summed E-state index contributed by atoms with van der Waals surface area (Å²) in [6.45, 7) is 8.25. The Bertz CT molecular complexity index is 317. The summed E-state index contributed by atoms with van der Waals surface area (Å²) in [5, 5.41) is 0. The molecule has 2 N–H and O–H groups in total. The van der Waals surface area contributed by atoms with Gasteiger partial charge in [-0.2, -0.15) is 0 Å². The molecule has 0 aromatic rings. The van der Waals surface area contributed by atoms with E-state index in [1.165, 1.54) is 6.42 Å². The lowest BCUT2D eigenvalue weighted by Crippen LogP contribution is -2.55. The molecule has 3 atom stereocenters. The molecule has 1 aliphatic carbocycles. The van der Waals surface area contributed by atoms with Gasteiger partial charge in [0.2, 0.25) is 5.91 Å². The molecule has 2 rings (SSSR count). The largest absolute Gasteiger partial charge is 0.373 e. The molecule has 0 spiro atoms. The maximum absolute atomic E-state index is 12.7. The van der Waals surface area contributed by atoms with Gasteiger partial charge in [-0.15, -0.1) is 0 Å². The van der Waals surface area contributed by atoms with Crippen LogP contribution in [0.2, 0.25) is 0 Å². The normalized spacial score (nSPS) is 35.8. The van der Waals surface area contributed by atoms with E-state index in [-0.39, 0.29) is 23.5 Å². The maximum Gasteiger partial charge on any atom is 0.226 e. The van der Waals surface area contributed by atoms with Gasteiger partial charge < -0.3 is 15.4 Å². The van der Waals surface area contributed by atoms with E-state index in [2.05, 4.69) is 20.8 Å². The average Bonchev–Trinajstić information content (AvgIpc) is 2.69. The van der Waals surface area contributed by atoms with Crippen molar-refractivity contribution in [2.45, 2.75) is 52.2 Å². The fourth-order valence-corrected chi connectivity index (χ4v) is 3.25. The molecule has 4 nitrogen and oxygen atoms in total. The number of hydrogen-bond donors (Lipinski definition) is 1. The van der Waals surface area contributed by atoms with Crippen molar-refractivity contribution in [3.63, 3.8) is 0 Å². The van der Waals surface area contributed by atoms with E-state index in [0.717, 1.165) is 12.8 Å². The van der Waals surface area contributed by atoms with E-state index in [4.69, 9.17) is 10.5 Å². The van der Waals surface area contributed by atoms with Gasteiger partial charge in [-0.25, -0.2) is 0 Å². The molecule has 2 aliphatic rings. The van der Waals surface area contributed by atoms with Gasteiger partial charge in [0, 0.05) is 19.0 Å². The van der Waals surface area contributed by atoms with E-state index in [1.807, 2.05) is 4.90 Å². The summed E-state index contributed by atoms with van der Waals surface area (Å²) < 4.78 is 5.62. The second kappa shape index (κ2) is 5.17. The Morgan fingerprint density at radius 3 is 2.78 bits per heavy atom. The molecule has 0 bridgehead atoms. The van der Waals surface area contributed by atoms with Crippen LogP contribution in [0.1, 0.15) is 40.0 Å². The minimum absolute atomic E-state index is 0.00895. The summed E-state index contributed by atoms with van der Waals surface area (Å²) in [6.07, 6.45) is 3.36. The van der Waals surface area contributed by atoms with E-state index in [9.17, 15) is 4.79 Å². The lowest BCUT2D eigenvalue weighted by molar-refractivity contribution is -0.150. The minimum atomic E-state index is 0.00895. The first-order valence-corrected chi connectivity index (χ1v) is 7.08. The zero-order valence-electron chi connectivity index (χ0n) is 11.8. The first kappa shape index (κ1) is 13.8. The van der Waals surface area contributed by atoms with Gasteiger partial charge in [0.15, 0.2) is 0 Å². The number of morpholine rings is 1. The molecule has 104 valence electrons. The zero-order valence-corrected chi connectivity index (χ0v) is 11.8.